The fraction of sp³-hybridized carbons (Fsp3) is 0.538. The number of nitrogens with two attached hydrogens (primary N) is 1. The van der Waals surface area contributed by atoms with Gasteiger partial charge in [-0.1, -0.05) is 6.07 Å². The van der Waals surface area contributed by atoms with Crippen LogP contribution in [0, 0.1) is 5.82 Å². The quantitative estimate of drug-likeness (QED) is 0.792. The Morgan fingerprint density at radius 2 is 2.18 bits per heavy atom. The molecule has 0 spiro atoms. The molecule has 1 rings (SSSR count). The van der Waals surface area contributed by atoms with Gasteiger partial charge in [0.2, 0.25) is 0 Å². The van der Waals surface area contributed by atoms with Crippen LogP contribution < -0.4 is 10.6 Å². The molecule has 17 heavy (non-hydrogen) atoms. The van der Waals surface area contributed by atoms with E-state index in [1.807, 2.05) is 19.9 Å². The van der Waals surface area contributed by atoms with Gasteiger partial charge in [-0.3, -0.25) is 0 Å². The van der Waals surface area contributed by atoms with Gasteiger partial charge < -0.3 is 15.4 Å². The summed E-state index contributed by atoms with van der Waals surface area (Å²) in [5, 5.41) is 0. The van der Waals surface area contributed by atoms with Gasteiger partial charge in [-0.25, -0.2) is 4.39 Å². The Labute approximate surface area is 102 Å². The first kappa shape index (κ1) is 13.9. The molecule has 96 valence electrons. The minimum Gasteiger partial charge on any atom is -0.375 e. The average molecular weight is 240 g/mol. The Bertz CT molecular complexity index is 333. The fourth-order valence-electron chi connectivity index (χ4n) is 1.77. The van der Waals surface area contributed by atoms with Crippen molar-refractivity contribution >= 4 is 5.69 Å². The van der Waals surface area contributed by atoms with E-state index in [-0.39, 0.29) is 11.9 Å². The normalized spacial score (nSPS) is 12.5. The third-order valence-electron chi connectivity index (χ3n) is 2.64. The molecule has 0 radical (unpaired) electrons. The Morgan fingerprint density at radius 1 is 1.41 bits per heavy atom. The highest BCUT2D eigenvalue weighted by Crippen LogP contribution is 2.15. The summed E-state index contributed by atoms with van der Waals surface area (Å²) in [6.45, 7) is 6.57. The van der Waals surface area contributed by atoms with Crippen LogP contribution in [-0.2, 0) is 4.74 Å². The average Bonchev–Trinajstić information content (AvgIpc) is 2.34. The molecule has 1 atom stereocenters. The van der Waals surface area contributed by atoms with Crippen molar-refractivity contribution in [2.24, 2.45) is 5.73 Å². The second-order valence-electron chi connectivity index (χ2n) is 3.83. The number of hydrogen-bond acceptors (Lipinski definition) is 3. The lowest BCUT2D eigenvalue weighted by molar-refractivity contribution is 0.0738. The Kier molecular flexibility index (Phi) is 5.94. The number of anilines is 1. The molecule has 1 aromatic rings. The molecule has 0 aromatic heterocycles. The molecule has 0 fully saturated rings. The van der Waals surface area contributed by atoms with Crippen LogP contribution in [-0.4, -0.2) is 32.3 Å². The number of hydrogen-bond donors (Lipinski definition) is 1. The number of ether oxygens (including phenoxy) is 1. The van der Waals surface area contributed by atoms with Gasteiger partial charge in [-0.2, -0.15) is 0 Å². The van der Waals surface area contributed by atoms with Gasteiger partial charge in [0.05, 0.1) is 6.10 Å². The molecule has 1 aromatic carbocycles. The van der Waals surface area contributed by atoms with Crippen molar-refractivity contribution in [2.75, 3.05) is 31.1 Å². The number of halogens is 1. The largest absolute Gasteiger partial charge is 0.375 e. The third kappa shape index (κ3) is 4.32. The molecule has 0 saturated heterocycles. The highest BCUT2D eigenvalue weighted by molar-refractivity contribution is 5.46. The van der Waals surface area contributed by atoms with E-state index in [9.17, 15) is 4.39 Å². The van der Waals surface area contributed by atoms with Crippen molar-refractivity contribution in [2.45, 2.75) is 20.0 Å². The van der Waals surface area contributed by atoms with Crippen molar-refractivity contribution in [3.63, 3.8) is 0 Å². The van der Waals surface area contributed by atoms with Crippen molar-refractivity contribution < 1.29 is 9.13 Å². The Balaban J connectivity index is 2.70. The zero-order valence-electron chi connectivity index (χ0n) is 10.5. The van der Waals surface area contributed by atoms with E-state index < -0.39 is 0 Å². The highest BCUT2D eigenvalue weighted by atomic mass is 19.1. The van der Waals surface area contributed by atoms with E-state index in [1.54, 1.807) is 6.07 Å². The second kappa shape index (κ2) is 7.25. The fourth-order valence-corrected chi connectivity index (χ4v) is 1.77. The van der Waals surface area contributed by atoms with Gasteiger partial charge in [0, 0.05) is 31.9 Å². The Hall–Kier alpha value is -1.13. The van der Waals surface area contributed by atoms with Crippen molar-refractivity contribution in [1.29, 1.82) is 0 Å². The van der Waals surface area contributed by atoms with Crippen molar-refractivity contribution in [1.82, 2.24) is 0 Å². The predicted octanol–water partition coefficient (Wildman–Crippen LogP) is 2.02. The van der Waals surface area contributed by atoms with E-state index in [1.165, 1.54) is 12.1 Å². The van der Waals surface area contributed by atoms with Crippen LogP contribution in [0.15, 0.2) is 24.3 Å². The lowest BCUT2D eigenvalue weighted by Crippen LogP contribution is -2.38. The molecule has 0 amide bonds. The third-order valence-corrected chi connectivity index (χ3v) is 2.64. The highest BCUT2D eigenvalue weighted by Gasteiger charge is 2.12. The summed E-state index contributed by atoms with van der Waals surface area (Å²) in [6.07, 6.45) is -0.0109. The van der Waals surface area contributed by atoms with Crippen LogP contribution in [0.3, 0.4) is 0 Å². The molecule has 1 unspecified atom stereocenters. The molecule has 4 heteroatoms. The van der Waals surface area contributed by atoms with Crippen LogP contribution in [0.1, 0.15) is 13.8 Å². The van der Waals surface area contributed by atoms with Crippen LogP contribution in [0.25, 0.3) is 0 Å². The summed E-state index contributed by atoms with van der Waals surface area (Å²) < 4.78 is 18.7. The van der Waals surface area contributed by atoms with Gasteiger partial charge in [0.15, 0.2) is 0 Å². The first-order chi connectivity index (χ1) is 8.21. The lowest BCUT2D eigenvalue weighted by Gasteiger charge is -2.27. The molecule has 0 heterocycles. The summed E-state index contributed by atoms with van der Waals surface area (Å²) in [6, 6.07) is 6.58. The number of likely N-dealkylation sites (N-methyl/N-ethyl adjacent to an activating group) is 1. The molecular weight excluding hydrogens is 219 g/mol. The van der Waals surface area contributed by atoms with E-state index in [4.69, 9.17) is 10.5 Å². The maximum Gasteiger partial charge on any atom is 0.125 e. The molecule has 3 nitrogen and oxygen atoms in total. The smallest absolute Gasteiger partial charge is 0.125 e. The first-order valence-electron chi connectivity index (χ1n) is 6.03. The predicted molar refractivity (Wildman–Crippen MR) is 68.8 cm³/mol. The number of benzene rings is 1. The molecule has 0 bridgehead atoms. The summed E-state index contributed by atoms with van der Waals surface area (Å²) >= 11 is 0. The minimum absolute atomic E-state index is 0.0109. The zero-order valence-corrected chi connectivity index (χ0v) is 10.5. The molecule has 2 N–H and O–H groups in total. The van der Waals surface area contributed by atoms with Crippen molar-refractivity contribution in [3.8, 4) is 0 Å². The maximum absolute atomic E-state index is 13.1. The molecule has 0 aliphatic carbocycles. The summed E-state index contributed by atoms with van der Waals surface area (Å²) in [5.41, 5.74) is 6.51. The van der Waals surface area contributed by atoms with E-state index in [0.717, 1.165) is 12.2 Å². The van der Waals surface area contributed by atoms with Crippen LogP contribution in [0.4, 0.5) is 10.1 Å². The minimum atomic E-state index is -0.221. The first-order valence-corrected chi connectivity index (χ1v) is 6.03. The van der Waals surface area contributed by atoms with Crippen LogP contribution >= 0.6 is 0 Å². The van der Waals surface area contributed by atoms with Gasteiger partial charge in [0.1, 0.15) is 5.82 Å². The summed E-state index contributed by atoms with van der Waals surface area (Å²) in [5.74, 6) is -0.221. The summed E-state index contributed by atoms with van der Waals surface area (Å²) in [7, 11) is 0. The number of rotatable bonds is 7. The van der Waals surface area contributed by atoms with E-state index in [0.29, 0.717) is 19.7 Å². The van der Waals surface area contributed by atoms with Gasteiger partial charge >= 0.3 is 0 Å². The van der Waals surface area contributed by atoms with Gasteiger partial charge in [-0.05, 0) is 32.0 Å². The van der Waals surface area contributed by atoms with E-state index in [2.05, 4.69) is 4.90 Å². The van der Waals surface area contributed by atoms with E-state index >= 15 is 0 Å². The summed E-state index contributed by atoms with van der Waals surface area (Å²) in [4.78, 5) is 2.07. The maximum atomic E-state index is 13.1. The van der Waals surface area contributed by atoms with Gasteiger partial charge in [0.25, 0.3) is 0 Å². The van der Waals surface area contributed by atoms with Gasteiger partial charge in [-0.15, -0.1) is 0 Å². The molecule has 0 aliphatic rings. The SMILES string of the molecule is CCOC(CN)CN(CC)c1cccc(F)c1. The van der Waals surface area contributed by atoms with Crippen LogP contribution in [0.5, 0.6) is 0 Å². The van der Waals surface area contributed by atoms with Crippen molar-refractivity contribution in [3.05, 3.63) is 30.1 Å². The van der Waals surface area contributed by atoms with Crippen LogP contribution in [0.2, 0.25) is 0 Å². The number of nitrogens with zero attached hydrogens (tertiary/aromatic N) is 1. The zero-order chi connectivity index (χ0) is 12.7. The Morgan fingerprint density at radius 3 is 2.71 bits per heavy atom. The standard InChI is InChI=1S/C13H21FN2O/c1-3-16(10-13(9-15)17-4-2)12-7-5-6-11(14)8-12/h5-8,13H,3-4,9-10,15H2,1-2H3. The molecule has 0 aliphatic heterocycles. The topological polar surface area (TPSA) is 38.5 Å². The monoisotopic (exact) mass is 240 g/mol. The second-order valence-corrected chi connectivity index (χ2v) is 3.83. The lowest BCUT2D eigenvalue weighted by atomic mass is 10.2. The molecular formula is C13H21FN2O. The molecule has 0 saturated carbocycles.